The Balaban J connectivity index is 5.21. The van der Waals surface area contributed by atoms with Gasteiger partial charge in [-0.15, -0.1) is 6.58 Å². The van der Waals surface area contributed by atoms with Gasteiger partial charge in [-0.3, -0.25) is 9.59 Å². The van der Waals surface area contributed by atoms with E-state index < -0.39 is 17.7 Å². The highest BCUT2D eigenvalue weighted by atomic mass is 16.5. The SMILES string of the molecule is C=CC(C)(O)CC(/C=C(\C)CC(C=C(C)C)OC(C)=O)OC(C)=O. The number of rotatable bonds is 9. The third kappa shape index (κ3) is 10.8. The van der Waals surface area contributed by atoms with Crippen molar-refractivity contribution in [3.05, 3.63) is 36.0 Å². The monoisotopic (exact) mass is 338 g/mol. The van der Waals surface area contributed by atoms with Crippen LogP contribution in [0.3, 0.4) is 0 Å². The van der Waals surface area contributed by atoms with E-state index >= 15 is 0 Å². The van der Waals surface area contributed by atoms with Gasteiger partial charge in [0.05, 0.1) is 5.60 Å². The number of carbonyl (C=O) groups is 2. The van der Waals surface area contributed by atoms with Crippen LogP contribution in [0.4, 0.5) is 0 Å². The molecule has 0 heterocycles. The molecule has 0 saturated carbocycles. The lowest BCUT2D eigenvalue weighted by molar-refractivity contribution is -0.146. The van der Waals surface area contributed by atoms with Crippen LogP contribution in [0.2, 0.25) is 0 Å². The summed E-state index contributed by atoms with van der Waals surface area (Å²) in [7, 11) is 0. The zero-order chi connectivity index (χ0) is 18.9. The van der Waals surface area contributed by atoms with E-state index in [1.54, 1.807) is 13.0 Å². The van der Waals surface area contributed by atoms with E-state index in [0.29, 0.717) is 6.42 Å². The maximum absolute atomic E-state index is 11.3. The average Bonchev–Trinajstić information content (AvgIpc) is 2.35. The van der Waals surface area contributed by atoms with Crippen LogP contribution in [-0.2, 0) is 19.1 Å². The molecule has 24 heavy (non-hydrogen) atoms. The Hall–Kier alpha value is -1.88. The van der Waals surface area contributed by atoms with Crippen molar-refractivity contribution in [2.45, 2.75) is 72.2 Å². The number of carbonyl (C=O) groups excluding carboxylic acids is 2. The first-order chi connectivity index (χ1) is 10.9. The van der Waals surface area contributed by atoms with E-state index in [4.69, 9.17) is 9.47 Å². The van der Waals surface area contributed by atoms with Crippen molar-refractivity contribution in [2.24, 2.45) is 0 Å². The Kier molecular flexibility index (Phi) is 9.29. The fourth-order valence-corrected chi connectivity index (χ4v) is 2.26. The number of allylic oxidation sites excluding steroid dienone is 1. The van der Waals surface area contributed by atoms with Gasteiger partial charge in [-0.05, 0) is 39.8 Å². The molecule has 0 saturated heterocycles. The Morgan fingerprint density at radius 2 is 1.54 bits per heavy atom. The van der Waals surface area contributed by atoms with E-state index in [9.17, 15) is 14.7 Å². The van der Waals surface area contributed by atoms with Crippen LogP contribution in [0.15, 0.2) is 36.0 Å². The highest BCUT2D eigenvalue weighted by Gasteiger charge is 2.23. The van der Waals surface area contributed by atoms with Crippen LogP contribution in [-0.4, -0.2) is 34.9 Å². The molecule has 0 aromatic carbocycles. The molecule has 3 unspecified atom stereocenters. The lowest BCUT2D eigenvalue weighted by Crippen LogP contribution is -2.29. The number of esters is 2. The molecular formula is C19H30O5. The summed E-state index contributed by atoms with van der Waals surface area (Å²) in [5.74, 6) is -0.777. The molecule has 0 amide bonds. The third-order valence-corrected chi connectivity index (χ3v) is 3.20. The fourth-order valence-electron chi connectivity index (χ4n) is 2.26. The van der Waals surface area contributed by atoms with Gasteiger partial charge in [0, 0.05) is 26.7 Å². The van der Waals surface area contributed by atoms with Gasteiger partial charge >= 0.3 is 11.9 Å². The first kappa shape index (κ1) is 22.1. The quantitative estimate of drug-likeness (QED) is 0.515. The predicted octanol–water partition coefficient (Wildman–Crippen LogP) is 3.48. The maximum Gasteiger partial charge on any atom is 0.303 e. The number of hydrogen-bond acceptors (Lipinski definition) is 5. The Morgan fingerprint density at radius 3 is 1.96 bits per heavy atom. The van der Waals surface area contributed by atoms with Crippen molar-refractivity contribution in [3.63, 3.8) is 0 Å². The minimum atomic E-state index is -1.15. The molecule has 0 aromatic rings. The molecule has 0 radical (unpaired) electrons. The largest absolute Gasteiger partial charge is 0.458 e. The molecule has 3 atom stereocenters. The molecule has 1 N–H and O–H groups in total. The zero-order valence-electron chi connectivity index (χ0n) is 15.6. The summed E-state index contributed by atoms with van der Waals surface area (Å²) in [5.41, 5.74) is 0.788. The van der Waals surface area contributed by atoms with Gasteiger partial charge in [0.2, 0.25) is 0 Å². The Labute approximate surface area is 145 Å². The van der Waals surface area contributed by atoms with Crippen molar-refractivity contribution >= 4 is 11.9 Å². The molecule has 5 nitrogen and oxygen atoms in total. The normalized spacial score (nSPS) is 16.4. The Morgan fingerprint density at radius 1 is 1.04 bits per heavy atom. The van der Waals surface area contributed by atoms with E-state index in [2.05, 4.69) is 6.58 Å². The van der Waals surface area contributed by atoms with Gasteiger partial charge in [-0.1, -0.05) is 17.2 Å². The van der Waals surface area contributed by atoms with E-state index in [1.165, 1.54) is 19.9 Å². The number of hydrogen-bond donors (Lipinski definition) is 1. The summed E-state index contributed by atoms with van der Waals surface area (Å²) in [5, 5.41) is 10.1. The van der Waals surface area contributed by atoms with Crippen LogP contribution < -0.4 is 0 Å². The number of ether oxygens (including phenoxy) is 2. The summed E-state index contributed by atoms with van der Waals surface area (Å²) in [6, 6.07) is 0. The van der Waals surface area contributed by atoms with Crippen molar-refractivity contribution in [3.8, 4) is 0 Å². The molecule has 0 aliphatic carbocycles. The minimum absolute atomic E-state index is 0.203. The molecule has 0 bridgehead atoms. The van der Waals surface area contributed by atoms with Crippen LogP contribution in [0.25, 0.3) is 0 Å². The standard InChI is InChI=1S/C19H30O5/c1-8-19(7,22)12-18(24-16(6)21)11-14(4)10-17(9-13(2)3)23-15(5)20/h8-9,11,17-18,22H,1,10,12H2,2-7H3/b14-11+. The van der Waals surface area contributed by atoms with E-state index in [1.807, 2.05) is 26.8 Å². The lowest BCUT2D eigenvalue weighted by atomic mass is 9.96. The second-order valence-corrected chi connectivity index (χ2v) is 6.52. The highest BCUT2D eigenvalue weighted by molar-refractivity contribution is 5.66. The molecule has 0 rings (SSSR count). The fraction of sp³-hybridized carbons (Fsp3) is 0.579. The molecule has 136 valence electrons. The summed E-state index contributed by atoms with van der Waals surface area (Å²) in [6.45, 7) is 13.6. The smallest absolute Gasteiger partial charge is 0.303 e. The highest BCUT2D eigenvalue weighted by Crippen LogP contribution is 2.20. The van der Waals surface area contributed by atoms with Gasteiger partial charge in [0.25, 0.3) is 0 Å². The van der Waals surface area contributed by atoms with Crippen LogP contribution in [0.5, 0.6) is 0 Å². The topological polar surface area (TPSA) is 72.8 Å². The van der Waals surface area contributed by atoms with Gasteiger partial charge < -0.3 is 14.6 Å². The van der Waals surface area contributed by atoms with Gasteiger partial charge in [-0.2, -0.15) is 0 Å². The summed E-state index contributed by atoms with van der Waals surface area (Å²) < 4.78 is 10.5. The second-order valence-electron chi connectivity index (χ2n) is 6.52. The molecule has 0 aliphatic rings. The first-order valence-electron chi connectivity index (χ1n) is 7.98. The van der Waals surface area contributed by atoms with Gasteiger partial charge in [0.1, 0.15) is 12.2 Å². The molecule has 0 aliphatic heterocycles. The average molecular weight is 338 g/mol. The first-order valence-corrected chi connectivity index (χ1v) is 7.98. The minimum Gasteiger partial charge on any atom is -0.458 e. The third-order valence-electron chi connectivity index (χ3n) is 3.20. The molecule has 5 heteroatoms. The predicted molar refractivity (Wildman–Crippen MR) is 94.4 cm³/mol. The van der Waals surface area contributed by atoms with Crippen molar-refractivity contribution < 1.29 is 24.2 Å². The van der Waals surface area contributed by atoms with Gasteiger partial charge in [-0.25, -0.2) is 0 Å². The van der Waals surface area contributed by atoms with Crippen LogP contribution in [0, 0.1) is 0 Å². The molecular weight excluding hydrogens is 308 g/mol. The summed E-state index contributed by atoms with van der Waals surface area (Å²) in [4.78, 5) is 22.5. The van der Waals surface area contributed by atoms with Crippen molar-refractivity contribution in [2.75, 3.05) is 0 Å². The number of aliphatic hydroxyl groups is 1. The van der Waals surface area contributed by atoms with Crippen molar-refractivity contribution in [1.82, 2.24) is 0 Å². The zero-order valence-corrected chi connectivity index (χ0v) is 15.6. The molecule has 0 spiro atoms. The Bertz CT molecular complexity index is 510. The van der Waals surface area contributed by atoms with E-state index in [0.717, 1.165) is 11.1 Å². The van der Waals surface area contributed by atoms with E-state index in [-0.39, 0.29) is 18.5 Å². The molecule has 0 fully saturated rings. The van der Waals surface area contributed by atoms with Crippen LogP contribution >= 0.6 is 0 Å². The molecule has 0 aromatic heterocycles. The maximum atomic E-state index is 11.3. The lowest BCUT2D eigenvalue weighted by Gasteiger charge is -2.24. The van der Waals surface area contributed by atoms with Gasteiger partial charge in [0.15, 0.2) is 0 Å². The summed E-state index contributed by atoms with van der Waals surface area (Å²) >= 11 is 0. The van der Waals surface area contributed by atoms with Crippen molar-refractivity contribution in [1.29, 1.82) is 0 Å². The second kappa shape index (κ2) is 10.1. The van der Waals surface area contributed by atoms with Crippen LogP contribution in [0.1, 0.15) is 54.4 Å². The summed E-state index contributed by atoms with van der Waals surface area (Å²) in [6.07, 6.45) is 4.79.